The van der Waals surface area contributed by atoms with Gasteiger partial charge in [0.25, 0.3) is 5.69 Å². The summed E-state index contributed by atoms with van der Waals surface area (Å²) in [6.45, 7) is 0. The summed E-state index contributed by atoms with van der Waals surface area (Å²) in [5.41, 5.74) is 1.83. The highest BCUT2D eigenvalue weighted by atomic mass is 79.9. The number of ketones is 2. The average Bonchev–Trinajstić information content (AvgIpc) is 3.23. The molecule has 1 fully saturated rings. The molecule has 4 unspecified atom stereocenters. The number of nitro groups is 1. The first-order valence-electron chi connectivity index (χ1n) is 12.7. The lowest BCUT2D eigenvalue weighted by atomic mass is 9.59. The van der Waals surface area contributed by atoms with Crippen LogP contribution in [-0.2, 0) is 19.2 Å². The van der Waals surface area contributed by atoms with Crippen LogP contribution in [-0.4, -0.2) is 40.5 Å². The van der Waals surface area contributed by atoms with Gasteiger partial charge in [-0.3, -0.25) is 34.2 Å². The Bertz CT molecular complexity index is 1740. The van der Waals surface area contributed by atoms with E-state index in [0.29, 0.717) is 10.0 Å². The summed E-state index contributed by atoms with van der Waals surface area (Å²) in [6.07, 6.45) is 3.41. The van der Waals surface area contributed by atoms with Crippen molar-refractivity contribution in [1.29, 1.82) is 0 Å². The van der Waals surface area contributed by atoms with E-state index in [1.165, 1.54) is 37.5 Å². The number of anilines is 1. The van der Waals surface area contributed by atoms with Gasteiger partial charge < -0.3 is 9.84 Å². The van der Waals surface area contributed by atoms with Crippen molar-refractivity contribution < 1.29 is 33.9 Å². The minimum atomic E-state index is -0.821. The third-order valence-electron chi connectivity index (χ3n) is 8.35. The van der Waals surface area contributed by atoms with E-state index in [1.807, 2.05) is 6.08 Å². The third kappa shape index (κ3) is 4.15. The first-order chi connectivity index (χ1) is 20.0. The summed E-state index contributed by atoms with van der Waals surface area (Å²) in [5.74, 6) is -4.53. The lowest BCUT2D eigenvalue weighted by molar-refractivity contribution is -0.384. The summed E-state index contributed by atoms with van der Waals surface area (Å²) in [6, 6.07) is 6.79. The molecule has 1 heterocycles. The van der Waals surface area contributed by atoms with Crippen LogP contribution in [0.2, 0.25) is 0 Å². The van der Waals surface area contributed by atoms with E-state index in [9.17, 15) is 34.4 Å². The maximum Gasteiger partial charge on any atom is 0.269 e. The second kappa shape index (κ2) is 10.4. The molecule has 2 amide bonds. The van der Waals surface area contributed by atoms with Gasteiger partial charge in [-0.05, 0) is 90.3 Å². The van der Waals surface area contributed by atoms with Crippen molar-refractivity contribution in [2.45, 2.75) is 18.8 Å². The van der Waals surface area contributed by atoms with Gasteiger partial charge in [0, 0.05) is 39.7 Å². The van der Waals surface area contributed by atoms with Gasteiger partial charge in [0.2, 0.25) is 11.8 Å². The monoisotopic (exact) mass is 760 g/mol. The Morgan fingerprint density at radius 1 is 1.02 bits per heavy atom. The molecule has 0 spiro atoms. The topological polar surface area (TPSA) is 144 Å². The maximum absolute atomic E-state index is 14.0. The van der Waals surface area contributed by atoms with Crippen LogP contribution in [0.1, 0.15) is 24.3 Å². The minimum Gasteiger partial charge on any atom is -0.503 e. The molecule has 0 saturated carbocycles. The number of phenols is 1. The first-order valence-corrected chi connectivity index (χ1v) is 15.1. The van der Waals surface area contributed by atoms with E-state index in [1.54, 1.807) is 6.07 Å². The predicted octanol–water partition coefficient (Wildman–Crippen LogP) is 5.80. The van der Waals surface area contributed by atoms with E-state index in [2.05, 4.69) is 47.8 Å². The molecule has 13 heteroatoms. The molecule has 0 aromatic heterocycles. The Morgan fingerprint density at radius 3 is 2.36 bits per heavy atom. The molecule has 2 aromatic rings. The lowest BCUT2D eigenvalue weighted by Crippen LogP contribution is -2.39. The Kier molecular flexibility index (Phi) is 7.09. The fourth-order valence-corrected chi connectivity index (χ4v) is 7.92. The van der Waals surface area contributed by atoms with Gasteiger partial charge >= 0.3 is 0 Å². The Labute approximate surface area is 263 Å². The normalized spacial score (nSPS) is 25.1. The molecule has 214 valence electrons. The number of Topliss-reactive ketones (excluding diaryl/α,β-unsaturated/α-hetero) is 1. The fraction of sp³-hybridized carbons (Fsp3) is 0.241. The average molecular weight is 763 g/mol. The lowest BCUT2D eigenvalue weighted by Gasteiger charge is -2.42. The quantitative estimate of drug-likeness (QED) is 0.135. The molecule has 4 aliphatic rings. The second-order valence-corrected chi connectivity index (χ2v) is 12.8. The number of nitrogens with zero attached hydrogens (tertiary/aromatic N) is 2. The number of carbonyl (C=O) groups is 4. The summed E-state index contributed by atoms with van der Waals surface area (Å²) in [7, 11) is 1.39. The standard InChI is InChI=1S/C29H19Br3N2O8/c1-42-20-9-16(24(31)25(32)27(20)37)21-13-6-7-14-22(15(13)8-17-23(21)19(35)10-18(30)26(17)36)29(39)33(28(14)38)11-2-4-12(5-3-11)34(40)41/h2-6,9-10,14-15,21-22,37H,7-8H2,1H3. The van der Waals surface area contributed by atoms with Crippen LogP contribution in [0.15, 0.2) is 72.6 Å². The third-order valence-corrected chi connectivity index (χ3v) is 11.1. The van der Waals surface area contributed by atoms with Crippen molar-refractivity contribution in [3.63, 3.8) is 0 Å². The number of hydrogen-bond acceptors (Lipinski definition) is 8. The highest BCUT2D eigenvalue weighted by molar-refractivity contribution is 9.13. The maximum atomic E-state index is 14.0. The summed E-state index contributed by atoms with van der Waals surface area (Å²) < 4.78 is 6.22. The van der Waals surface area contributed by atoms with Gasteiger partial charge in [-0.1, -0.05) is 11.6 Å². The van der Waals surface area contributed by atoms with Crippen molar-refractivity contribution >= 4 is 82.5 Å². The van der Waals surface area contributed by atoms with Crippen molar-refractivity contribution in [2.75, 3.05) is 12.0 Å². The van der Waals surface area contributed by atoms with Crippen LogP contribution in [0.3, 0.4) is 0 Å². The van der Waals surface area contributed by atoms with E-state index in [0.717, 1.165) is 10.5 Å². The van der Waals surface area contributed by atoms with Gasteiger partial charge in [0.1, 0.15) is 0 Å². The van der Waals surface area contributed by atoms with Crippen LogP contribution >= 0.6 is 47.8 Å². The minimum absolute atomic E-state index is 0.0769. The summed E-state index contributed by atoms with van der Waals surface area (Å²) in [5, 5.41) is 21.7. The number of hydrogen-bond donors (Lipinski definition) is 1. The zero-order valence-electron chi connectivity index (χ0n) is 21.6. The van der Waals surface area contributed by atoms with Gasteiger partial charge in [-0.2, -0.15) is 0 Å². The number of aromatic hydroxyl groups is 1. The van der Waals surface area contributed by atoms with Crippen molar-refractivity contribution in [2.24, 2.45) is 17.8 Å². The Balaban J connectivity index is 1.50. The van der Waals surface area contributed by atoms with Crippen molar-refractivity contribution in [3.05, 3.63) is 88.3 Å². The zero-order valence-corrected chi connectivity index (χ0v) is 26.4. The molecule has 0 bridgehead atoms. The highest BCUT2D eigenvalue weighted by Gasteiger charge is 2.57. The molecular formula is C29H19Br3N2O8. The van der Waals surface area contributed by atoms with Gasteiger partial charge in [-0.15, -0.1) is 0 Å². The molecule has 6 rings (SSSR count). The zero-order chi connectivity index (χ0) is 30.2. The smallest absolute Gasteiger partial charge is 0.269 e. The number of amides is 2. The molecule has 4 atom stereocenters. The molecule has 1 aliphatic heterocycles. The van der Waals surface area contributed by atoms with Crippen LogP contribution in [0.5, 0.6) is 11.5 Å². The number of benzene rings is 2. The second-order valence-electron chi connectivity index (χ2n) is 10.3. The van der Waals surface area contributed by atoms with Crippen molar-refractivity contribution in [3.8, 4) is 11.5 Å². The Hall–Kier alpha value is -3.42. The number of ether oxygens (including phenoxy) is 1. The number of nitro benzene ring substituents is 1. The van der Waals surface area contributed by atoms with Crippen LogP contribution in [0.4, 0.5) is 11.4 Å². The predicted molar refractivity (Wildman–Crippen MR) is 160 cm³/mol. The number of fused-ring (bicyclic) bond motifs is 3. The molecule has 0 radical (unpaired) electrons. The number of allylic oxidation sites excluding steroid dienone is 6. The van der Waals surface area contributed by atoms with Crippen LogP contribution in [0, 0.1) is 27.9 Å². The summed E-state index contributed by atoms with van der Waals surface area (Å²) in [4.78, 5) is 66.2. The number of methoxy groups -OCH3 is 1. The fourth-order valence-electron chi connectivity index (χ4n) is 6.52. The Morgan fingerprint density at radius 2 is 1.71 bits per heavy atom. The first kappa shape index (κ1) is 28.7. The van der Waals surface area contributed by atoms with E-state index < -0.39 is 40.4 Å². The highest BCUT2D eigenvalue weighted by Crippen LogP contribution is 2.58. The number of non-ortho nitro benzene ring substituents is 1. The van der Waals surface area contributed by atoms with E-state index >= 15 is 0 Å². The molecule has 3 aliphatic carbocycles. The SMILES string of the molecule is COc1cc(C2C3=CCC4C(=O)N(c5ccc([N+](=O)[O-])cc5)C(=O)C4C3CC3=C2C(=O)C=C(Br)C3=O)c(Br)c(Br)c1O. The molecule has 10 nitrogen and oxygen atoms in total. The molecule has 42 heavy (non-hydrogen) atoms. The number of carbonyl (C=O) groups excluding carboxylic acids is 4. The largest absolute Gasteiger partial charge is 0.503 e. The molecule has 2 aromatic carbocycles. The number of imide groups is 1. The van der Waals surface area contributed by atoms with Gasteiger partial charge in [-0.25, -0.2) is 0 Å². The molecule has 1 N–H and O–H groups in total. The van der Waals surface area contributed by atoms with Gasteiger partial charge in [0.15, 0.2) is 23.1 Å². The molecular weight excluding hydrogens is 744 g/mol. The number of rotatable bonds is 4. The van der Waals surface area contributed by atoms with Crippen molar-refractivity contribution in [1.82, 2.24) is 0 Å². The van der Waals surface area contributed by atoms with E-state index in [4.69, 9.17) is 4.74 Å². The van der Waals surface area contributed by atoms with Crippen LogP contribution in [0.25, 0.3) is 0 Å². The van der Waals surface area contributed by atoms with Crippen LogP contribution < -0.4 is 9.64 Å². The molecule has 1 saturated heterocycles. The summed E-state index contributed by atoms with van der Waals surface area (Å²) >= 11 is 10.1. The van der Waals surface area contributed by atoms with E-state index in [-0.39, 0.29) is 67.4 Å². The number of phenolic OH excluding ortho intramolecular Hbond substituents is 1. The van der Waals surface area contributed by atoms with Gasteiger partial charge in [0.05, 0.1) is 38.5 Å². The number of halogens is 3.